The van der Waals surface area contributed by atoms with E-state index in [2.05, 4.69) is 5.32 Å². The van der Waals surface area contributed by atoms with E-state index < -0.39 is 33.0 Å². The van der Waals surface area contributed by atoms with Crippen LogP contribution in [0, 0.1) is 0 Å². The van der Waals surface area contributed by atoms with Gasteiger partial charge in [0.15, 0.2) is 0 Å². The third kappa shape index (κ3) is 8.26. The number of carboxylic acids is 2. The molecule has 0 spiro atoms. The number of aliphatic carboxylic acids is 2. The van der Waals surface area contributed by atoms with Crippen molar-refractivity contribution in [2.24, 2.45) is 0 Å². The average molecular weight is 307 g/mol. The summed E-state index contributed by atoms with van der Waals surface area (Å²) in [6, 6.07) is -0.319. The van der Waals surface area contributed by atoms with Gasteiger partial charge in [-0.1, -0.05) is 0 Å². The number of carbonyl (C=O) groups is 2. The molecule has 0 heterocycles. The third-order valence-electron chi connectivity index (χ3n) is 2.77. The predicted octanol–water partition coefficient (Wildman–Crippen LogP) is 1.04. The lowest BCUT2D eigenvalue weighted by Crippen LogP contribution is -2.42. The van der Waals surface area contributed by atoms with E-state index in [9.17, 15) is 9.59 Å². The Bertz CT molecular complexity index is 306. The van der Waals surface area contributed by atoms with Crippen LogP contribution in [0.4, 0.5) is 0 Å². The molecule has 1 unspecified atom stereocenters. The Hall–Kier alpha value is -0.963. The van der Waals surface area contributed by atoms with Gasteiger partial charge < -0.3 is 24.4 Å². The van der Waals surface area contributed by atoms with Crippen molar-refractivity contribution in [2.45, 2.75) is 45.3 Å². The molecule has 0 aliphatic heterocycles. The Morgan fingerprint density at radius 1 is 1.20 bits per heavy atom. The van der Waals surface area contributed by atoms with Gasteiger partial charge in [0.25, 0.3) is 0 Å². The number of hydrogen-bond donors (Lipinski definition) is 3. The van der Waals surface area contributed by atoms with E-state index >= 15 is 0 Å². The van der Waals surface area contributed by atoms with E-state index in [0.29, 0.717) is 26.2 Å². The fourth-order valence-corrected chi connectivity index (χ4v) is 4.32. The standard InChI is InChI=1S/C12H25NO6Si/c1-4-18-20(3,19-5-2)8-6-7-13-10(12(16)17)9-11(14)15/h10,13H,4-9H2,1-3H3,(H,14,15)(H,16,17). The van der Waals surface area contributed by atoms with Crippen LogP contribution in [-0.2, 0) is 18.4 Å². The minimum Gasteiger partial charge on any atom is -0.481 e. The van der Waals surface area contributed by atoms with Crippen LogP contribution < -0.4 is 5.32 Å². The zero-order chi connectivity index (χ0) is 15.6. The molecule has 20 heavy (non-hydrogen) atoms. The normalized spacial score (nSPS) is 13.2. The van der Waals surface area contributed by atoms with Crippen LogP contribution in [0.25, 0.3) is 0 Å². The summed E-state index contributed by atoms with van der Waals surface area (Å²) in [6.07, 6.45) is 0.257. The summed E-state index contributed by atoms with van der Waals surface area (Å²) in [5, 5.41) is 20.2. The van der Waals surface area contributed by atoms with E-state index in [0.717, 1.165) is 6.04 Å². The minimum absolute atomic E-state index is 0.424. The smallest absolute Gasteiger partial charge is 0.334 e. The van der Waals surface area contributed by atoms with Crippen molar-refractivity contribution in [2.75, 3.05) is 19.8 Å². The lowest BCUT2D eigenvalue weighted by Gasteiger charge is -2.26. The van der Waals surface area contributed by atoms with Crippen LogP contribution in [0.1, 0.15) is 26.7 Å². The maximum atomic E-state index is 10.9. The van der Waals surface area contributed by atoms with Gasteiger partial charge in [0.2, 0.25) is 0 Å². The molecule has 1 atom stereocenters. The molecule has 0 aromatic heterocycles. The van der Waals surface area contributed by atoms with E-state index in [1.165, 1.54) is 0 Å². The molecule has 0 saturated carbocycles. The lowest BCUT2D eigenvalue weighted by atomic mass is 10.2. The van der Waals surface area contributed by atoms with Gasteiger partial charge in [-0.25, -0.2) is 0 Å². The Morgan fingerprint density at radius 2 is 1.75 bits per heavy atom. The van der Waals surface area contributed by atoms with Gasteiger partial charge in [-0.3, -0.25) is 9.59 Å². The Balaban J connectivity index is 4.13. The molecule has 0 amide bonds. The highest BCUT2D eigenvalue weighted by molar-refractivity contribution is 6.66. The maximum absolute atomic E-state index is 10.9. The Kier molecular flexibility index (Phi) is 9.39. The van der Waals surface area contributed by atoms with Crippen molar-refractivity contribution in [3.8, 4) is 0 Å². The third-order valence-corrected chi connectivity index (χ3v) is 5.84. The first-order valence-corrected chi connectivity index (χ1v) is 9.33. The van der Waals surface area contributed by atoms with Crippen LogP contribution in [0.5, 0.6) is 0 Å². The molecule has 3 N–H and O–H groups in total. The van der Waals surface area contributed by atoms with E-state index in [-0.39, 0.29) is 0 Å². The summed E-state index contributed by atoms with van der Waals surface area (Å²) in [6.45, 7) is 7.41. The van der Waals surface area contributed by atoms with Crippen molar-refractivity contribution in [3.63, 3.8) is 0 Å². The molecule has 0 bridgehead atoms. The molecule has 8 heteroatoms. The molecular weight excluding hydrogens is 282 g/mol. The monoisotopic (exact) mass is 307 g/mol. The van der Waals surface area contributed by atoms with Gasteiger partial charge in [0, 0.05) is 13.2 Å². The van der Waals surface area contributed by atoms with Gasteiger partial charge in [-0.15, -0.1) is 0 Å². The summed E-state index contributed by atoms with van der Waals surface area (Å²) in [7, 11) is -2.18. The number of rotatable bonds is 12. The fraction of sp³-hybridized carbons (Fsp3) is 0.833. The summed E-state index contributed by atoms with van der Waals surface area (Å²) in [5.74, 6) is -2.28. The van der Waals surface area contributed by atoms with E-state index in [1.807, 2.05) is 20.4 Å². The quantitative estimate of drug-likeness (QED) is 0.365. The summed E-state index contributed by atoms with van der Waals surface area (Å²) in [5.41, 5.74) is 0. The van der Waals surface area contributed by atoms with Gasteiger partial charge >= 0.3 is 20.5 Å². The van der Waals surface area contributed by atoms with Crippen LogP contribution in [-0.4, -0.2) is 56.5 Å². The molecule has 118 valence electrons. The first-order chi connectivity index (χ1) is 9.34. The molecule has 0 saturated heterocycles. The van der Waals surface area contributed by atoms with Gasteiger partial charge in [-0.2, -0.15) is 0 Å². The highest BCUT2D eigenvalue weighted by atomic mass is 28.4. The molecule has 0 aliphatic rings. The average Bonchev–Trinajstić information content (AvgIpc) is 2.33. The summed E-state index contributed by atoms with van der Waals surface area (Å²) < 4.78 is 11.3. The molecule has 7 nitrogen and oxygen atoms in total. The van der Waals surface area contributed by atoms with Crippen LogP contribution in [0.3, 0.4) is 0 Å². The van der Waals surface area contributed by atoms with Crippen LogP contribution >= 0.6 is 0 Å². The number of carboxylic acid groups (broad SMARTS) is 2. The Morgan fingerprint density at radius 3 is 2.15 bits per heavy atom. The molecule has 0 aromatic rings. The maximum Gasteiger partial charge on any atom is 0.334 e. The van der Waals surface area contributed by atoms with Crippen molar-refractivity contribution >= 4 is 20.5 Å². The fourth-order valence-electron chi connectivity index (χ4n) is 1.90. The number of nitrogens with one attached hydrogen (secondary N) is 1. The van der Waals surface area contributed by atoms with Crippen molar-refractivity contribution in [1.82, 2.24) is 5.32 Å². The van der Waals surface area contributed by atoms with Crippen molar-refractivity contribution in [1.29, 1.82) is 0 Å². The topological polar surface area (TPSA) is 105 Å². The first-order valence-electron chi connectivity index (χ1n) is 6.80. The molecular formula is C12H25NO6Si. The second kappa shape index (κ2) is 9.86. The van der Waals surface area contributed by atoms with Gasteiger partial charge in [0.05, 0.1) is 6.42 Å². The van der Waals surface area contributed by atoms with Gasteiger partial charge in [-0.05, 0) is 39.4 Å². The molecule has 0 radical (unpaired) electrons. The Labute approximate surface area is 120 Å². The first kappa shape index (κ1) is 19.0. The molecule has 0 fully saturated rings. The summed E-state index contributed by atoms with van der Waals surface area (Å²) >= 11 is 0. The highest BCUT2D eigenvalue weighted by Crippen LogP contribution is 2.15. The van der Waals surface area contributed by atoms with E-state index in [4.69, 9.17) is 19.1 Å². The molecule has 0 rings (SSSR count). The van der Waals surface area contributed by atoms with Crippen LogP contribution in [0.15, 0.2) is 0 Å². The number of hydrogen-bond acceptors (Lipinski definition) is 5. The largest absolute Gasteiger partial charge is 0.481 e. The van der Waals surface area contributed by atoms with Crippen molar-refractivity contribution < 1.29 is 28.7 Å². The zero-order valence-corrected chi connectivity index (χ0v) is 13.3. The zero-order valence-electron chi connectivity index (χ0n) is 12.3. The van der Waals surface area contributed by atoms with Crippen molar-refractivity contribution in [3.05, 3.63) is 0 Å². The second-order valence-electron chi connectivity index (χ2n) is 4.55. The van der Waals surface area contributed by atoms with Gasteiger partial charge in [0.1, 0.15) is 6.04 Å². The minimum atomic E-state index is -2.18. The summed E-state index contributed by atoms with van der Waals surface area (Å²) in [4.78, 5) is 21.4. The van der Waals surface area contributed by atoms with Crippen LogP contribution in [0.2, 0.25) is 12.6 Å². The second-order valence-corrected chi connectivity index (χ2v) is 7.89. The lowest BCUT2D eigenvalue weighted by molar-refractivity contribution is -0.145. The predicted molar refractivity (Wildman–Crippen MR) is 76.0 cm³/mol. The molecule has 0 aromatic carbocycles. The SMILES string of the molecule is CCO[Si](C)(CCCNC(CC(=O)O)C(=O)O)OCC. The molecule has 0 aliphatic carbocycles. The highest BCUT2D eigenvalue weighted by Gasteiger charge is 2.30. The van der Waals surface area contributed by atoms with E-state index in [1.54, 1.807) is 0 Å².